The first kappa shape index (κ1) is 20.2. The molecule has 0 radical (unpaired) electrons. The first-order valence-corrected chi connectivity index (χ1v) is 10.4. The molecule has 33 heavy (non-hydrogen) atoms. The lowest BCUT2D eigenvalue weighted by atomic mass is 10.1. The topological polar surface area (TPSA) is 108 Å². The van der Waals surface area contributed by atoms with Crippen molar-refractivity contribution >= 4 is 34.6 Å². The van der Waals surface area contributed by atoms with Crippen molar-refractivity contribution in [1.29, 1.82) is 0 Å². The number of anilines is 4. The van der Waals surface area contributed by atoms with Crippen molar-refractivity contribution in [3.63, 3.8) is 0 Å². The van der Waals surface area contributed by atoms with Crippen molar-refractivity contribution in [2.24, 2.45) is 0 Å². The molecule has 8 heteroatoms. The number of hydrogen-bond acceptors (Lipinski definition) is 6. The molecule has 1 aliphatic heterocycles. The number of aromatic nitrogens is 2. The van der Waals surface area contributed by atoms with E-state index in [-0.39, 0.29) is 18.0 Å². The summed E-state index contributed by atoms with van der Waals surface area (Å²) in [6.45, 7) is 0. The third-order valence-corrected chi connectivity index (χ3v) is 5.26. The van der Waals surface area contributed by atoms with Gasteiger partial charge in [-0.25, -0.2) is 0 Å². The maximum absolute atomic E-state index is 12.4. The summed E-state index contributed by atoms with van der Waals surface area (Å²) in [6.07, 6.45) is 6.22. The van der Waals surface area contributed by atoms with Gasteiger partial charge in [-0.2, -0.15) is 0 Å². The zero-order valence-corrected chi connectivity index (χ0v) is 17.4. The molecule has 5 rings (SSSR count). The van der Waals surface area contributed by atoms with Crippen LogP contribution in [0.3, 0.4) is 0 Å². The summed E-state index contributed by atoms with van der Waals surface area (Å²) in [5.41, 5.74) is 5.34. The Morgan fingerprint density at radius 3 is 1.76 bits per heavy atom. The van der Waals surface area contributed by atoms with Crippen molar-refractivity contribution in [2.45, 2.75) is 6.17 Å². The number of pyridine rings is 2. The maximum atomic E-state index is 12.4. The van der Waals surface area contributed by atoms with Gasteiger partial charge in [0.2, 0.25) is 0 Å². The van der Waals surface area contributed by atoms with E-state index in [1.807, 2.05) is 42.5 Å². The van der Waals surface area contributed by atoms with Crippen LogP contribution in [-0.2, 0) is 0 Å². The molecule has 0 spiro atoms. The number of benzene rings is 2. The van der Waals surface area contributed by atoms with Gasteiger partial charge in [0.15, 0.2) is 0 Å². The fraction of sp³-hybridized carbons (Fsp3) is 0.0400. The van der Waals surface area contributed by atoms with E-state index in [4.69, 9.17) is 0 Å². The summed E-state index contributed by atoms with van der Waals surface area (Å²) < 4.78 is 0. The number of carbonyl (C=O) groups is 2. The van der Waals surface area contributed by atoms with Crippen LogP contribution in [0.1, 0.15) is 32.4 Å². The summed E-state index contributed by atoms with van der Waals surface area (Å²) in [7, 11) is 0. The minimum atomic E-state index is -0.191. The van der Waals surface area contributed by atoms with E-state index < -0.39 is 0 Å². The SMILES string of the molecule is O=C(Nc1ccc(C2Nc3ccc(NC(=O)c4ccncc4)cc3N2)cc1)c1ccncc1. The Bertz CT molecular complexity index is 1290. The van der Waals surface area contributed by atoms with Crippen LogP contribution in [0.15, 0.2) is 91.5 Å². The lowest BCUT2D eigenvalue weighted by Crippen LogP contribution is -2.14. The molecular formula is C25H20N6O2. The number of hydrogen-bond donors (Lipinski definition) is 4. The Morgan fingerprint density at radius 2 is 1.15 bits per heavy atom. The average Bonchev–Trinajstić information content (AvgIpc) is 3.29. The molecule has 0 saturated heterocycles. The molecule has 0 saturated carbocycles. The van der Waals surface area contributed by atoms with Crippen LogP contribution in [0.4, 0.5) is 22.7 Å². The number of nitrogens with zero attached hydrogens (tertiary/aromatic N) is 2. The fourth-order valence-corrected chi connectivity index (χ4v) is 3.55. The van der Waals surface area contributed by atoms with E-state index >= 15 is 0 Å². The predicted molar refractivity (Wildman–Crippen MR) is 127 cm³/mol. The summed E-state index contributed by atoms with van der Waals surface area (Å²) in [4.78, 5) is 32.6. The zero-order valence-electron chi connectivity index (χ0n) is 17.4. The molecule has 4 N–H and O–H groups in total. The molecule has 2 amide bonds. The third kappa shape index (κ3) is 4.49. The number of rotatable bonds is 5. The van der Waals surface area contributed by atoms with Crippen LogP contribution in [0.2, 0.25) is 0 Å². The Kier molecular flexibility index (Phi) is 5.38. The van der Waals surface area contributed by atoms with E-state index in [0.29, 0.717) is 22.5 Å². The monoisotopic (exact) mass is 436 g/mol. The minimum absolute atomic E-state index is 0.129. The van der Waals surface area contributed by atoms with E-state index in [2.05, 4.69) is 31.2 Å². The molecule has 0 fully saturated rings. The molecule has 2 aromatic heterocycles. The lowest BCUT2D eigenvalue weighted by Gasteiger charge is -2.13. The largest absolute Gasteiger partial charge is 0.360 e. The molecule has 162 valence electrons. The molecule has 4 aromatic rings. The molecule has 3 heterocycles. The number of carbonyl (C=O) groups excluding carboxylic acids is 2. The van der Waals surface area contributed by atoms with Crippen molar-refractivity contribution < 1.29 is 9.59 Å². The second-order valence-corrected chi connectivity index (χ2v) is 7.48. The first-order chi connectivity index (χ1) is 16.2. The smallest absolute Gasteiger partial charge is 0.255 e. The van der Waals surface area contributed by atoms with Crippen molar-refractivity contribution in [1.82, 2.24) is 9.97 Å². The van der Waals surface area contributed by atoms with E-state index in [1.54, 1.807) is 49.1 Å². The van der Waals surface area contributed by atoms with Gasteiger partial charge in [-0.1, -0.05) is 12.1 Å². The summed E-state index contributed by atoms with van der Waals surface area (Å²) in [5, 5.41) is 12.6. The highest BCUT2D eigenvalue weighted by Gasteiger charge is 2.21. The molecule has 0 aliphatic carbocycles. The van der Waals surface area contributed by atoms with Crippen LogP contribution < -0.4 is 21.3 Å². The zero-order chi connectivity index (χ0) is 22.6. The van der Waals surface area contributed by atoms with Crippen LogP contribution in [0.5, 0.6) is 0 Å². The molecule has 1 atom stereocenters. The average molecular weight is 436 g/mol. The Labute approximate surface area is 190 Å². The van der Waals surface area contributed by atoms with Crippen LogP contribution in [0, 0.1) is 0 Å². The first-order valence-electron chi connectivity index (χ1n) is 10.4. The maximum Gasteiger partial charge on any atom is 0.255 e. The van der Waals surface area contributed by atoms with E-state index in [0.717, 1.165) is 16.9 Å². The van der Waals surface area contributed by atoms with Gasteiger partial charge < -0.3 is 21.3 Å². The predicted octanol–water partition coefficient (Wildman–Crippen LogP) is 4.52. The highest BCUT2D eigenvalue weighted by atomic mass is 16.2. The van der Waals surface area contributed by atoms with Gasteiger partial charge in [-0.3, -0.25) is 19.6 Å². The van der Waals surface area contributed by atoms with Gasteiger partial charge >= 0.3 is 0 Å². The molecule has 2 aromatic carbocycles. The van der Waals surface area contributed by atoms with E-state index in [9.17, 15) is 9.59 Å². The Morgan fingerprint density at radius 1 is 0.636 bits per heavy atom. The van der Waals surface area contributed by atoms with Crippen LogP contribution in [-0.4, -0.2) is 21.8 Å². The van der Waals surface area contributed by atoms with Gasteiger partial charge in [-0.15, -0.1) is 0 Å². The number of amides is 2. The molecule has 0 bridgehead atoms. The summed E-state index contributed by atoms with van der Waals surface area (Å²) >= 11 is 0. The molecular weight excluding hydrogens is 416 g/mol. The molecule has 8 nitrogen and oxygen atoms in total. The van der Waals surface area contributed by atoms with Crippen molar-refractivity contribution in [3.8, 4) is 0 Å². The normalized spacial score (nSPS) is 13.9. The van der Waals surface area contributed by atoms with Crippen LogP contribution >= 0.6 is 0 Å². The number of fused-ring (bicyclic) bond motifs is 1. The lowest BCUT2D eigenvalue weighted by molar-refractivity contribution is 0.101. The standard InChI is InChI=1S/C25H20N6O2/c32-24(17-7-11-26-12-8-17)28-19-3-1-16(2-4-19)23-30-21-6-5-20(15-22(21)31-23)29-25(33)18-9-13-27-14-10-18/h1-15,23,30-31H,(H,28,32)(H,29,33). The highest BCUT2D eigenvalue weighted by molar-refractivity contribution is 6.05. The minimum Gasteiger partial charge on any atom is -0.360 e. The summed E-state index contributed by atoms with van der Waals surface area (Å²) in [5.74, 6) is -0.375. The van der Waals surface area contributed by atoms with Crippen molar-refractivity contribution in [2.75, 3.05) is 21.3 Å². The van der Waals surface area contributed by atoms with Crippen LogP contribution in [0.25, 0.3) is 0 Å². The third-order valence-electron chi connectivity index (χ3n) is 5.26. The van der Waals surface area contributed by atoms with Gasteiger partial charge in [0.05, 0.1) is 11.4 Å². The second-order valence-electron chi connectivity index (χ2n) is 7.48. The van der Waals surface area contributed by atoms with Gasteiger partial charge in [0, 0.05) is 47.3 Å². The molecule has 1 aliphatic rings. The molecule has 1 unspecified atom stereocenters. The number of nitrogens with one attached hydrogen (secondary N) is 4. The Balaban J connectivity index is 1.23. The second kappa shape index (κ2) is 8.80. The fourth-order valence-electron chi connectivity index (χ4n) is 3.55. The van der Waals surface area contributed by atoms with Gasteiger partial charge in [0.25, 0.3) is 11.8 Å². The highest BCUT2D eigenvalue weighted by Crippen LogP contribution is 2.37. The van der Waals surface area contributed by atoms with Gasteiger partial charge in [-0.05, 0) is 60.2 Å². The quantitative estimate of drug-likeness (QED) is 0.366. The van der Waals surface area contributed by atoms with E-state index in [1.165, 1.54) is 0 Å². The van der Waals surface area contributed by atoms with Gasteiger partial charge in [0.1, 0.15) is 6.17 Å². The Hall–Kier alpha value is -4.72. The van der Waals surface area contributed by atoms with Crippen molar-refractivity contribution in [3.05, 3.63) is 108 Å². The summed E-state index contributed by atoms with van der Waals surface area (Å²) in [6, 6.07) is 20.0.